The third-order valence-corrected chi connectivity index (χ3v) is 4.31. The van der Waals surface area contributed by atoms with Crippen LogP contribution in [0.15, 0.2) is 18.2 Å². The molecule has 1 fully saturated rings. The van der Waals surface area contributed by atoms with Gasteiger partial charge in [0.1, 0.15) is 11.4 Å². The molecule has 1 unspecified atom stereocenters. The number of nitrogens with zero attached hydrogens (tertiary/aromatic N) is 1. The van der Waals surface area contributed by atoms with Crippen molar-refractivity contribution in [3.63, 3.8) is 0 Å². The Bertz CT molecular complexity index is 672. The number of benzene rings is 1. The molecule has 0 aromatic heterocycles. The van der Waals surface area contributed by atoms with E-state index in [1.165, 1.54) is 12.1 Å². The number of carbonyl (C=O) groups is 2. The Hall–Kier alpha value is -2.15. The monoisotopic (exact) mass is 366 g/mol. The summed E-state index contributed by atoms with van der Waals surface area (Å²) >= 11 is 0. The lowest BCUT2D eigenvalue weighted by Crippen LogP contribution is -2.43. The number of likely N-dealkylation sites (tertiary alicyclic amines) is 1. The molecule has 0 radical (unpaired) electrons. The van der Waals surface area contributed by atoms with Crippen molar-refractivity contribution in [2.45, 2.75) is 58.3 Å². The van der Waals surface area contributed by atoms with Gasteiger partial charge in [0, 0.05) is 19.5 Å². The maximum Gasteiger partial charge on any atom is 0.407 e. The number of nitrogens with one attached hydrogen (secondary N) is 1. The highest BCUT2D eigenvalue weighted by atomic mass is 19.1. The van der Waals surface area contributed by atoms with E-state index in [0.717, 1.165) is 0 Å². The molecule has 0 bridgehead atoms. The van der Waals surface area contributed by atoms with Gasteiger partial charge >= 0.3 is 6.09 Å². The predicted molar refractivity (Wildman–Crippen MR) is 95.1 cm³/mol. The van der Waals surface area contributed by atoms with Crippen LogP contribution in [0, 0.1) is 12.7 Å². The highest BCUT2D eigenvalue weighted by molar-refractivity contribution is 5.79. The van der Waals surface area contributed by atoms with Crippen molar-refractivity contribution < 1.29 is 23.8 Å². The van der Waals surface area contributed by atoms with Gasteiger partial charge in [-0.15, -0.1) is 0 Å². The molecular weight excluding hydrogens is 339 g/mol. The molecular formula is C19H27FN2O4. The number of hydrogen-bond donors (Lipinski definition) is 2. The number of rotatable bonds is 5. The zero-order valence-corrected chi connectivity index (χ0v) is 15.7. The second-order valence-electron chi connectivity index (χ2n) is 7.57. The van der Waals surface area contributed by atoms with Gasteiger partial charge in [0.2, 0.25) is 5.91 Å². The van der Waals surface area contributed by atoms with Crippen LogP contribution in [0.5, 0.6) is 0 Å². The van der Waals surface area contributed by atoms with E-state index in [-0.39, 0.29) is 24.8 Å². The van der Waals surface area contributed by atoms with E-state index < -0.39 is 23.8 Å². The normalized spacial score (nSPS) is 18.8. The van der Waals surface area contributed by atoms with Crippen molar-refractivity contribution in [2.24, 2.45) is 0 Å². The van der Waals surface area contributed by atoms with Crippen LogP contribution in [0.25, 0.3) is 0 Å². The van der Waals surface area contributed by atoms with Crippen LogP contribution in [0.1, 0.15) is 50.8 Å². The molecule has 1 saturated heterocycles. The van der Waals surface area contributed by atoms with Crippen LogP contribution in [-0.4, -0.2) is 46.7 Å². The first-order chi connectivity index (χ1) is 12.1. The summed E-state index contributed by atoms with van der Waals surface area (Å²) < 4.78 is 18.4. The molecule has 0 saturated carbocycles. The van der Waals surface area contributed by atoms with Crippen LogP contribution in [0.4, 0.5) is 9.18 Å². The smallest absolute Gasteiger partial charge is 0.407 e. The van der Waals surface area contributed by atoms with Crippen LogP contribution < -0.4 is 5.32 Å². The van der Waals surface area contributed by atoms with Crippen molar-refractivity contribution in [3.05, 3.63) is 35.1 Å². The Morgan fingerprint density at radius 1 is 1.46 bits per heavy atom. The van der Waals surface area contributed by atoms with Crippen LogP contribution >= 0.6 is 0 Å². The average molecular weight is 366 g/mol. The van der Waals surface area contributed by atoms with Gasteiger partial charge in [0.15, 0.2) is 0 Å². The molecule has 2 amide bonds. The molecule has 2 rings (SSSR count). The van der Waals surface area contributed by atoms with E-state index in [1.807, 2.05) is 0 Å². The second kappa shape index (κ2) is 8.03. The minimum atomic E-state index is -0.899. The molecule has 1 aliphatic rings. The fourth-order valence-corrected chi connectivity index (χ4v) is 3.15. The maximum absolute atomic E-state index is 13.3. The van der Waals surface area contributed by atoms with Gasteiger partial charge in [-0.05, 0) is 57.4 Å². The average Bonchev–Trinajstić information content (AvgIpc) is 2.86. The summed E-state index contributed by atoms with van der Waals surface area (Å²) in [5.41, 5.74) is 0.659. The van der Waals surface area contributed by atoms with Gasteiger partial charge in [-0.3, -0.25) is 4.79 Å². The van der Waals surface area contributed by atoms with Gasteiger partial charge in [0.25, 0.3) is 0 Å². The number of aliphatic hydroxyl groups is 1. The van der Waals surface area contributed by atoms with Gasteiger partial charge in [0.05, 0.1) is 12.1 Å². The van der Waals surface area contributed by atoms with Crippen molar-refractivity contribution in [1.29, 1.82) is 0 Å². The summed E-state index contributed by atoms with van der Waals surface area (Å²) in [5, 5.41) is 13.3. The molecule has 2 N–H and O–H groups in total. The van der Waals surface area contributed by atoms with Crippen LogP contribution in [-0.2, 0) is 9.53 Å². The summed E-state index contributed by atoms with van der Waals surface area (Å²) in [6.07, 6.45) is -0.586. The molecule has 0 spiro atoms. The molecule has 1 aliphatic heterocycles. The lowest BCUT2D eigenvalue weighted by molar-refractivity contribution is -0.130. The van der Waals surface area contributed by atoms with E-state index in [2.05, 4.69) is 5.32 Å². The Morgan fingerprint density at radius 3 is 2.77 bits per heavy atom. The fourth-order valence-electron chi connectivity index (χ4n) is 3.15. The summed E-state index contributed by atoms with van der Waals surface area (Å²) in [6.45, 7) is 7.55. The lowest BCUT2D eigenvalue weighted by Gasteiger charge is -2.30. The van der Waals surface area contributed by atoms with E-state index in [1.54, 1.807) is 38.7 Å². The van der Waals surface area contributed by atoms with Crippen molar-refractivity contribution in [2.75, 3.05) is 13.1 Å². The summed E-state index contributed by atoms with van der Waals surface area (Å²) in [7, 11) is 0. The SMILES string of the molecule is Cc1cc(F)ccc1[C@@H](O)C1CCC(=O)N1CCNC(=O)OC(C)(C)C. The van der Waals surface area contributed by atoms with E-state index in [0.29, 0.717) is 24.0 Å². The minimum absolute atomic E-state index is 0.0696. The molecule has 144 valence electrons. The Labute approximate surface area is 153 Å². The zero-order chi connectivity index (χ0) is 19.5. The largest absolute Gasteiger partial charge is 0.444 e. The highest BCUT2D eigenvalue weighted by Crippen LogP contribution is 2.31. The van der Waals surface area contributed by atoms with Gasteiger partial charge in [-0.2, -0.15) is 0 Å². The molecule has 2 atom stereocenters. The summed E-state index contributed by atoms with van der Waals surface area (Å²) in [4.78, 5) is 25.5. The highest BCUT2D eigenvalue weighted by Gasteiger charge is 2.36. The van der Waals surface area contributed by atoms with E-state index >= 15 is 0 Å². The molecule has 7 heteroatoms. The van der Waals surface area contributed by atoms with Gasteiger partial charge < -0.3 is 20.1 Å². The number of alkyl carbamates (subject to hydrolysis) is 1. The first-order valence-electron chi connectivity index (χ1n) is 8.79. The Balaban J connectivity index is 1.98. The first-order valence-corrected chi connectivity index (χ1v) is 8.79. The number of aryl methyl sites for hydroxylation is 1. The number of hydrogen-bond acceptors (Lipinski definition) is 4. The Kier molecular flexibility index (Phi) is 6.23. The molecule has 1 aromatic carbocycles. The molecule has 26 heavy (non-hydrogen) atoms. The summed E-state index contributed by atoms with van der Waals surface area (Å²) in [6, 6.07) is 3.82. The predicted octanol–water partition coefficient (Wildman–Crippen LogP) is 2.68. The third-order valence-electron chi connectivity index (χ3n) is 4.31. The second-order valence-corrected chi connectivity index (χ2v) is 7.57. The minimum Gasteiger partial charge on any atom is -0.444 e. The topological polar surface area (TPSA) is 78.9 Å². The molecule has 6 nitrogen and oxygen atoms in total. The van der Waals surface area contributed by atoms with Crippen LogP contribution in [0.3, 0.4) is 0 Å². The molecule has 0 aliphatic carbocycles. The first kappa shape index (κ1) is 20.2. The quantitative estimate of drug-likeness (QED) is 0.840. The fraction of sp³-hybridized carbons (Fsp3) is 0.579. The zero-order valence-electron chi connectivity index (χ0n) is 15.7. The lowest BCUT2D eigenvalue weighted by atomic mass is 9.96. The number of aliphatic hydroxyl groups excluding tert-OH is 1. The van der Waals surface area contributed by atoms with Crippen molar-refractivity contribution >= 4 is 12.0 Å². The van der Waals surface area contributed by atoms with Crippen molar-refractivity contribution in [1.82, 2.24) is 10.2 Å². The van der Waals surface area contributed by atoms with Crippen molar-refractivity contribution in [3.8, 4) is 0 Å². The molecule has 1 aromatic rings. The number of ether oxygens (including phenoxy) is 1. The van der Waals surface area contributed by atoms with Gasteiger partial charge in [-0.25, -0.2) is 9.18 Å². The summed E-state index contributed by atoms with van der Waals surface area (Å²) in [5.74, 6) is -0.431. The van der Waals surface area contributed by atoms with E-state index in [4.69, 9.17) is 4.74 Å². The molecule has 1 heterocycles. The van der Waals surface area contributed by atoms with Crippen LogP contribution in [0.2, 0.25) is 0 Å². The van der Waals surface area contributed by atoms with E-state index in [9.17, 15) is 19.1 Å². The third kappa shape index (κ3) is 5.17. The Morgan fingerprint density at radius 2 is 2.15 bits per heavy atom. The number of halogens is 1. The number of amides is 2. The standard InChI is InChI=1S/C19H27FN2O4/c1-12-11-13(20)5-6-14(12)17(24)15-7-8-16(23)22(15)10-9-21-18(25)26-19(2,3)4/h5-6,11,15,17,24H,7-10H2,1-4H3,(H,21,25)/t15?,17-/m1/s1. The maximum atomic E-state index is 13.3. The number of carbonyl (C=O) groups excluding carboxylic acids is 2. The van der Waals surface area contributed by atoms with Gasteiger partial charge in [-0.1, -0.05) is 6.07 Å².